The quantitative estimate of drug-likeness (QED) is 0.270. The van der Waals surface area contributed by atoms with Gasteiger partial charge in [0.15, 0.2) is 8.32 Å². The molecule has 0 spiro atoms. The maximum Gasteiger partial charge on any atom is 0.192 e. The van der Waals surface area contributed by atoms with Gasteiger partial charge in [-0.3, -0.25) is 0 Å². The van der Waals surface area contributed by atoms with Crippen molar-refractivity contribution in [3.8, 4) is 0 Å². The molecule has 0 amide bonds. The van der Waals surface area contributed by atoms with Gasteiger partial charge in [-0.1, -0.05) is 39.0 Å². The van der Waals surface area contributed by atoms with Gasteiger partial charge in [-0.2, -0.15) is 0 Å². The first kappa shape index (κ1) is 22.5. The molecule has 3 nitrogen and oxygen atoms in total. The van der Waals surface area contributed by atoms with Crippen molar-refractivity contribution in [1.82, 2.24) is 0 Å². The topological polar surface area (TPSA) is 42.6 Å². The lowest BCUT2D eigenvalue weighted by Gasteiger charge is -2.40. The number of hydrogen-bond acceptors (Lipinski definition) is 3. The van der Waals surface area contributed by atoms with Crippen LogP contribution in [-0.4, -0.2) is 13.4 Å². The van der Waals surface area contributed by atoms with Crippen molar-refractivity contribution in [2.75, 3.05) is 0 Å². The lowest BCUT2D eigenvalue weighted by molar-refractivity contribution is 0.0838. The van der Waals surface area contributed by atoms with Crippen molar-refractivity contribution in [2.45, 2.75) is 57.5 Å². The highest BCUT2D eigenvalue weighted by Gasteiger charge is 2.40. The molecule has 0 fully saturated rings. The van der Waals surface area contributed by atoms with Crippen LogP contribution in [0.5, 0.6) is 0 Å². The highest BCUT2D eigenvalue weighted by molar-refractivity contribution is 14.1. The summed E-state index contributed by atoms with van der Waals surface area (Å²) >= 11 is 2.22. The summed E-state index contributed by atoms with van der Waals surface area (Å²) in [5.41, 5.74) is 1.81. The van der Waals surface area contributed by atoms with Gasteiger partial charge in [0.2, 0.25) is 0 Å². The summed E-state index contributed by atoms with van der Waals surface area (Å²) in [5, 5.41) is 11.8. The second-order valence-corrected chi connectivity index (χ2v) is 14.9. The van der Waals surface area contributed by atoms with Crippen LogP contribution in [0, 0.1) is 9.39 Å². The Balaban J connectivity index is 2.01. The molecular weight excluding hydrogens is 498 g/mol. The van der Waals surface area contributed by atoms with E-state index >= 15 is 4.39 Å². The van der Waals surface area contributed by atoms with Crippen LogP contribution in [0.15, 0.2) is 53.1 Å². The van der Waals surface area contributed by atoms with E-state index in [2.05, 4.69) is 56.5 Å². The van der Waals surface area contributed by atoms with E-state index in [4.69, 9.17) is 8.84 Å². The fourth-order valence-corrected chi connectivity index (χ4v) is 5.13. The van der Waals surface area contributed by atoms with E-state index in [0.717, 1.165) is 14.5 Å². The van der Waals surface area contributed by atoms with Crippen LogP contribution in [0.4, 0.5) is 4.39 Å². The predicted molar refractivity (Wildman–Crippen MR) is 126 cm³/mol. The largest absolute Gasteiger partial charge is 0.464 e. The second kappa shape index (κ2) is 8.49. The van der Waals surface area contributed by atoms with Gasteiger partial charge in [0, 0.05) is 27.0 Å². The normalized spacial score (nSPS) is 14.9. The van der Waals surface area contributed by atoms with Crippen molar-refractivity contribution in [2.24, 2.45) is 0 Å². The first-order valence-corrected chi connectivity index (χ1v) is 13.8. The second-order valence-electron chi connectivity index (χ2n) is 8.97. The summed E-state index contributed by atoms with van der Waals surface area (Å²) in [6.45, 7) is 10.8. The van der Waals surface area contributed by atoms with E-state index in [-0.39, 0.29) is 17.3 Å². The fraction of sp³-hybridized carbons (Fsp3) is 0.391. The molecule has 1 N–H and O–H groups in total. The van der Waals surface area contributed by atoms with Crippen LogP contribution in [0.2, 0.25) is 18.1 Å². The Bertz CT molecular complexity index is 993. The number of hydrogen-bond donors (Lipinski definition) is 1. The highest BCUT2D eigenvalue weighted by Crippen LogP contribution is 2.43. The van der Waals surface area contributed by atoms with Crippen LogP contribution in [0.3, 0.4) is 0 Å². The molecule has 29 heavy (non-hydrogen) atoms. The minimum atomic E-state index is -2.21. The number of benzene rings is 2. The Morgan fingerprint density at radius 1 is 1.14 bits per heavy atom. The molecule has 156 valence electrons. The van der Waals surface area contributed by atoms with Crippen LogP contribution in [-0.2, 0) is 4.43 Å². The number of aliphatic hydroxyl groups excluding tert-OH is 1. The van der Waals surface area contributed by atoms with Crippen molar-refractivity contribution >= 4 is 41.9 Å². The van der Waals surface area contributed by atoms with Crippen molar-refractivity contribution in [1.29, 1.82) is 0 Å². The van der Waals surface area contributed by atoms with Gasteiger partial charge in [0.1, 0.15) is 11.4 Å². The Morgan fingerprint density at radius 3 is 2.48 bits per heavy atom. The third-order valence-corrected chi connectivity index (χ3v) is 11.3. The Kier molecular flexibility index (Phi) is 6.58. The molecular formula is C23H28FIO3Si. The summed E-state index contributed by atoms with van der Waals surface area (Å²) in [4.78, 5) is 0. The maximum atomic E-state index is 15.0. The van der Waals surface area contributed by atoms with Crippen molar-refractivity contribution in [3.63, 3.8) is 0 Å². The maximum absolute atomic E-state index is 15.0. The summed E-state index contributed by atoms with van der Waals surface area (Å²) in [6, 6.07) is 12.7. The van der Waals surface area contributed by atoms with E-state index in [0.29, 0.717) is 11.1 Å². The van der Waals surface area contributed by atoms with Gasteiger partial charge in [0.25, 0.3) is 0 Å². The molecule has 0 radical (unpaired) electrons. The van der Waals surface area contributed by atoms with Gasteiger partial charge < -0.3 is 13.9 Å². The molecule has 0 saturated heterocycles. The first-order valence-electron chi connectivity index (χ1n) is 9.76. The van der Waals surface area contributed by atoms with Crippen LogP contribution < -0.4 is 0 Å². The average molecular weight is 526 g/mol. The standard InChI is InChI=1S/C23H28FIO3Si/c1-23(2,3)29(4,5)28-22(14-20(26)16-8-6-7-9-19(16)25)17-12-15-10-11-27-21(15)13-18(17)24/h6-13,20,22,26H,14H2,1-5H3/t20-,22?/m1/s1. The van der Waals surface area contributed by atoms with Crippen LogP contribution >= 0.6 is 22.6 Å². The van der Waals surface area contributed by atoms with Gasteiger partial charge in [-0.05, 0) is 64.5 Å². The fourth-order valence-electron chi connectivity index (χ4n) is 3.10. The SMILES string of the molecule is CC(C)(C)[Si](C)(C)OC(C[C@@H](O)c1ccccc1I)c1cc2ccoc2cc1F. The molecule has 0 saturated carbocycles. The third-order valence-electron chi connectivity index (χ3n) is 5.86. The molecule has 1 heterocycles. The Hall–Kier alpha value is -1.22. The Labute approximate surface area is 186 Å². The molecule has 0 bridgehead atoms. The van der Waals surface area contributed by atoms with E-state index in [1.165, 1.54) is 6.07 Å². The molecule has 6 heteroatoms. The number of halogens is 2. The molecule has 0 aliphatic rings. The first-order chi connectivity index (χ1) is 13.5. The lowest BCUT2D eigenvalue weighted by Crippen LogP contribution is -2.42. The minimum absolute atomic E-state index is 0.0341. The lowest BCUT2D eigenvalue weighted by atomic mass is 9.98. The van der Waals surface area contributed by atoms with Gasteiger partial charge in [-0.15, -0.1) is 0 Å². The summed E-state index contributed by atoms with van der Waals surface area (Å²) < 4.78 is 28.0. The van der Waals surface area contributed by atoms with Gasteiger partial charge in [-0.25, -0.2) is 4.39 Å². The number of aliphatic hydroxyl groups is 1. The third kappa shape index (κ3) is 4.92. The predicted octanol–water partition coefficient (Wildman–Crippen LogP) is 7.36. The molecule has 1 unspecified atom stereocenters. The summed E-state index contributed by atoms with van der Waals surface area (Å²) in [6.07, 6.45) is 0.532. The molecule has 3 rings (SSSR count). The zero-order chi connectivity index (χ0) is 21.4. The molecule has 2 atom stereocenters. The molecule has 1 aromatic heterocycles. The monoisotopic (exact) mass is 526 g/mol. The average Bonchev–Trinajstić information content (AvgIpc) is 3.06. The van der Waals surface area contributed by atoms with Gasteiger partial charge >= 0.3 is 0 Å². The van der Waals surface area contributed by atoms with Crippen molar-refractivity contribution in [3.05, 3.63) is 69.2 Å². The van der Waals surface area contributed by atoms with E-state index < -0.39 is 20.5 Å². The highest BCUT2D eigenvalue weighted by atomic mass is 127. The van der Waals surface area contributed by atoms with Crippen LogP contribution in [0.1, 0.15) is 50.5 Å². The molecule has 0 aliphatic heterocycles. The zero-order valence-electron chi connectivity index (χ0n) is 17.5. The molecule has 0 aliphatic carbocycles. The minimum Gasteiger partial charge on any atom is -0.464 e. The van der Waals surface area contributed by atoms with E-state index in [1.54, 1.807) is 12.3 Å². The number of rotatable bonds is 6. The van der Waals surface area contributed by atoms with Gasteiger partial charge in [0.05, 0.1) is 18.5 Å². The smallest absolute Gasteiger partial charge is 0.192 e. The van der Waals surface area contributed by atoms with E-state index in [9.17, 15) is 5.11 Å². The number of furan rings is 1. The molecule has 3 aromatic rings. The molecule has 2 aromatic carbocycles. The van der Waals surface area contributed by atoms with Crippen LogP contribution in [0.25, 0.3) is 11.0 Å². The van der Waals surface area contributed by atoms with Crippen molar-refractivity contribution < 1.29 is 18.3 Å². The summed E-state index contributed by atoms with van der Waals surface area (Å²) in [5.74, 6) is -0.369. The number of fused-ring (bicyclic) bond motifs is 1. The zero-order valence-corrected chi connectivity index (χ0v) is 20.7. The van der Waals surface area contributed by atoms with E-state index in [1.807, 2.05) is 30.3 Å². The Morgan fingerprint density at radius 2 is 1.83 bits per heavy atom. The summed E-state index contributed by atoms with van der Waals surface area (Å²) in [7, 11) is -2.21.